The fourth-order valence-corrected chi connectivity index (χ4v) is 5.08. The lowest BCUT2D eigenvalue weighted by atomic mass is 9.95. The van der Waals surface area contributed by atoms with Gasteiger partial charge in [0.25, 0.3) is 5.56 Å². The number of fused-ring (bicyclic) bond motifs is 1. The zero-order chi connectivity index (χ0) is 21.1. The van der Waals surface area contributed by atoms with Crippen molar-refractivity contribution < 1.29 is 4.79 Å². The SMILES string of the molecule is Cc1ccc(NC(=O)CSc2nc3ccccc3c(=O)n2C2CCCCC2)c(Cl)c1. The number of thioether (sulfide) groups is 1. The summed E-state index contributed by atoms with van der Waals surface area (Å²) in [5, 5.41) is 4.60. The first-order valence-electron chi connectivity index (χ1n) is 10.2. The molecule has 2 aromatic carbocycles. The van der Waals surface area contributed by atoms with E-state index in [-0.39, 0.29) is 23.3 Å². The van der Waals surface area contributed by atoms with Crippen molar-refractivity contribution in [3.8, 4) is 0 Å². The van der Waals surface area contributed by atoms with Gasteiger partial charge in [-0.1, -0.05) is 60.8 Å². The molecule has 0 bridgehead atoms. The molecule has 1 N–H and O–H groups in total. The van der Waals surface area contributed by atoms with Gasteiger partial charge in [-0.25, -0.2) is 4.98 Å². The second-order valence-corrected chi connectivity index (χ2v) is 9.05. The molecule has 156 valence electrons. The van der Waals surface area contributed by atoms with Crippen molar-refractivity contribution in [3.63, 3.8) is 0 Å². The van der Waals surface area contributed by atoms with Gasteiger partial charge in [0.15, 0.2) is 5.16 Å². The summed E-state index contributed by atoms with van der Waals surface area (Å²) in [6.45, 7) is 1.95. The largest absolute Gasteiger partial charge is 0.324 e. The van der Waals surface area contributed by atoms with Crippen LogP contribution in [0.15, 0.2) is 52.4 Å². The number of aryl methyl sites for hydroxylation is 1. The summed E-state index contributed by atoms with van der Waals surface area (Å²) in [5.74, 6) is -0.0230. The molecule has 30 heavy (non-hydrogen) atoms. The van der Waals surface area contributed by atoms with Crippen molar-refractivity contribution >= 4 is 45.9 Å². The lowest BCUT2D eigenvalue weighted by Gasteiger charge is -2.26. The molecule has 4 rings (SSSR count). The van der Waals surface area contributed by atoms with E-state index in [1.54, 1.807) is 6.07 Å². The Hall–Kier alpha value is -2.31. The first kappa shape index (κ1) is 20.9. The molecule has 0 atom stereocenters. The first-order valence-corrected chi connectivity index (χ1v) is 11.6. The molecule has 1 aromatic heterocycles. The van der Waals surface area contributed by atoms with Gasteiger partial charge < -0.3 is 5.32 Å². The monoisotopic (exact) mass is 441 g/mol. The van der Waals surface area contributed by atoms with E-state index in [0.29, 0.717) is 26.8 Å². The predicted octanol–water partition coefficient (Wildman–Crippen LogP) is 5.59. The third-order valence-corrected chi connectivity index (χ3v) is 6.71. The summed E-state index contributed by atoms with van der Waals surface area (Å²) in [6, 6.07) is 13.1. The first-order chi connectivity index (χ1) is 14.5. The minimum atomic E-state index is -0.177. The van der Waals surface area contributed by atoms with E-state index in [9.17, 15) is 9.59 Å². The summed E-state index contributed by atoms with van der Waals surface area (Å²) in [4.78, 5) is 30.5. The molecule has 1 amide bonds. The number of hydrogen-bond acceptors (Lipinski definition) is 4. The predicted molar refractivity (Wildman–Crippen MR) is 124 cm³/mol. The number of halogens is 1. The van der Waals surface area contributed by atoms with Gasteiger partial charge >= 0.3 is 0 Å². The number of amides is 1. The average Bonchev–Trinajstić information content (AvgIpc) is 2.75. The van der Waals surface area contributed by atoms with E-state index in [1.165, 1.54) is 18.2 Å². The van der Waals surface area contributed by atoms with E-state index in [4.69, 9.17) is 16.6 Å². The molecule has 0 saturated heterocycles. The lowest BCUT2D eigenvalue weighted by molar-refractivity contribution is -0.113. The molecule has 0 aliphatic heterocycles. The standard InChI is InChI=1S/C23H24ClN3O2S/c1-15-11-12-20(18(24)13-15)25-21(28)14-30-23-26-19-10-6-5-9-17(19)22(29)27(23)16-7-3-2-4-8-16/h5-6,9-13,16H,2-4,7-8,14H2,1H3,(H,25,28). The van der Waals surface area contributed by atoms with Crippen molar-refractivity contribution in [2.45, 2.75) is 50.2 Å². The Morgan fingerprint density at radius 1 is 1.20 bits per heavy atom. The van der Waals surface area contributed by atoms with Crippen molar-refractivity contribution in [1.82, 2.24) is 9.55 Å². The van der Waals surface area contributed by atoms with Crippen LogP contribution in [0.4, 0.5) is 5.69 Å². The van der Waals surface area contributed by atoms with E-state index < -0.39 is 0 Å². The van der Waals surface area contributed by atoms with Crippen molar-refractivity contribution in [3.05, 3.63) is 63.4 Å². The number of para-hydroxylation sites is 1. The zero-order valence-corrected chi connectivity index (χ0v) is 18.4. The number of rotatable bonds is 5. The number of carbonyl (C=O) groups excluding carboxylic acids is 1. The number of benzene rings is 2. The highest BCUT2D eigenvalue weighted by Crippen LogP contribution is 2.31. The molecule has 1 heterocycles. The smallest absolute Gasteiger partial charge is 0.262 e. The Morgan fingerprint density at radius 2 is 1.97 bits per heavy atom. The number of hydrogen-bond donors (Lipinski definition) is 1. The van der Waals surface area contributed by atoms with Crippen LogP contribution in [-0.4, -0.2) is 21.2 Å². The maximum Gasteiger partial charge on any atom is 0.262 e. The molecular formula is C23H24ClN3O2S. The van der Waals surface area contributed by atoms with E-state index >= 15 is 0 Å². The molecule has 7 heteroatoms. The Kier molecular flexibility index (Phi) is 6.44. The van der Waals surface area contributed by atoms with Crippen LogP contribution >= 0.6 is 23.4 Å². The van der Waals surface area contributed by atoms with E-state index in [1.807, 2.05) is 47.9 Å². The van der Waals surface area contributed by atoms with Gasteiger partial charge in [-0.2, -0.15) is 0 Å². The van der Waals surface area contributed by atoms with E-state index in [0.717, 1.165) is 31.2 Å². The molecule has 1 saturated carbocycles. The Morgan fingerprint density at radius 3 is 2.73 bits per heavy atom. The van der Waals surface area contributed by atoms with Crippen LogP contribution in [0.2, 0.25) is 5.02 Å². The quantitative estimate of drug-likeness (QED) is 0.413. The third kappa shape index (κ3) is 4.55. The fourth-order valence-electron chi connectivity index (χ4n) is 3.93. The summed E-state index contributed by atoms with van der Waals surface area (Å²) in [5.41, 5.74) is 2.27. The van der Waals surface area contributed by atoms with Gasteiger partial charge in [-0.15, -0.1) is 0 Å². The number of carbonyl (C=O) groups is 1. The van der Waals surface area contributed by atoms with Crippen molar-refractivity contribution in [2.75, 3.05) is 11.1 Å². The summed E-state index contributed by atoms with van der Waals surface area (Å²) >= 11 is 7.53. The number of aromatic nitrogens is 2. The average molecular weight is 442 g/mol. The van der Waals surface area contributed by atoms with Crippen LogP contribution in [0.3, 0.4) is 0 Å². The normalized spacial score (nSPS) is 14.7. The second-order valence-electron chi connectivity index (χ2n) is 7.70. The lowest BCUT2D eigenvalue weighted by Crippen LogP contribution is -2.29. The Labute approximate surface area is 184 Å². The van der Waals surface area contributed by atoms with Crippen LogP contribution in [0.25, 0.3) is 10.9 Å². The highest BCUT2D eigenvalue weighted by atomic mass is 35.5. The minimum absolute atomic E-state index is 0.0167. The minimum Gasteiger partial charge on any atom is -0.324 e. The molecule has 1 fully saturated rings. The highest BCUT2D eigenvalue weighted by Gasteiger charge is 2.22. The summed E-state index contributed by atoms with van der Waals surface area (Å²) in [7, 11) is 0. The van der Waals surface area contributed by atoms with Gasteiger partial charge in [-0.05, 0) is 49.6 Å². The van der Waals surface area contributed by atoms with E-state index in [2.05, 4.69) is 5.32 Å². The maximum atomic E-state index is 13.3. The number of nitrogens with zero attached hydrogens (tertiary/aromatic N) is 2. The van der Waals surface area contributed by atoms with Crippen molar-refractivity contribution in [2.24, 2.45) is 0 Å². The third-order valence-electron chi connectivity index (χ3n) is 5.45. The molecule has 1 aliphatic carbocycles. The molecule has 0 radical (unpaired) electrons. The number of anilines is 1. The van der Waals surface area contributed by atoms with Gasteiger partial charge in [0.2, 0.25) is 5.91 Å². The molecule has 3 aromatic rings. The molecular weight excluding hydrogens is 418 g/mol. The Balaban J connectivity index is 1.59. The maximum absolute atomic E-state index is 13.3. The van der Waals surface area contributed by atoms with Gasteiger partial charge in [0, 0.05) is 6.04 Å². The van der Waals surface area contributed by atoms with Crippen LogP contribution in [0, 0.1) is 6.92 Å². The second kappa shape index (κ2) is 9.23. The van der Waals surface area contributed by atoms with Gasteiger partial charge in [-0.3, -0.25) is 14.2 Å². The molecule has 0 spiro atoms. The highest BCUT2D eigenvalue weighted by molar-refractivity contribution is 7.99. The molecule has 0 unspecified atom stereocenters. The molecule has 1 aliphatic rings. The van der Waals surface area contributed by atoms with Crippen LogP contribution in [0.5, 0.6) is 0 Å². The topological polar surface area (TPSA) is 64.0 Å². The molecule has 5 nitrogen and oxygen atoms in total. The fraction of sp³-hybridized carbons (Fsp3) is 0.348. The van der Waals surface area contributed by atoms with Crippen molar-refractivity contribution in [1.29, 1.82) is 0 Å². The zero-order valence-electron chi connectivity index (χ0n) is 16.9. The Bertz CT molecular complexity index is 1140. The van der Waals surface area contributed by atoms with Gasteiger partial charge in [0.05, 0.1) is 27.4 Å². The summed E-state index contributed by atoms with van der Waals surface area (Å²) < 4.78 is 1.82. The summed E-state index contributed by atoms with van der Waals surface area (Å²) in [6.07, 6.45) is 5.37. The number of nitrogens with one attached hydrogen (secondary N) is 1. The van der Waals surface area contributed by atoms with Crippen LogP contribution in [-0.2, 0) is 4.79 Å². The van der Waals surface area contributed by atoms with Crippen LogP contribution in [0.1, 0.15) is 43.7 Å². The van der Waals surface area contributed by atoms with Gasteiger partial charge in [0.1, 0.15) is 0 Å². The van der Waals surface area contributed by atoms with Crippen LogP contribution < -0.4 is 10.9 Å².